The summed E-state index contributed by atoms with van der Waals surface area (Å²) in [4.78, 5) is 0. The van der Waals surface area contributed by atoms with Gasteiger partial charge in [0.1, 0.15) is 17.6 Å². The van der Waals surface area contributed by atoms with Crippen LogP contribution in [0.3, 0.4) is 0 Å². The van der Waals surface area contributed by atoms with Crippen LogP contribution < -0.4 is 4.48 Å². The standard InChI is InChI=1S/C17H20F3N4/c1-24(12-6-3-2-4-7-12)15(14-10-11-22-23-14)9-5-8-13(16(24)21)17(18,19)20/h2-4,6-7,10-11,13,15,21H,5,8-9H2,1H3,(H,22,23)/q+1. The van der Waals surface area contributed by atoms with E-state index < -0.39 is 12.1 Å². The Morgan fingerprint density at radius 2 is 1.88 bits per heavy atom. The maximum absolute atomic E-state index is 13.5. The zero-order chi connectivity index (χ0) is 17.4. The third-order valence-corrected chi connectivity index (χ3v) is 4.99. The summed E-state index contributed by atoms with van der Waals surface area (Å²) in [6.07, 6.45) is -1.89. The Morgan fingerprint density at radius 1 is 1.17 bits per heavy atom. The second-order valence-corrected chi connectivity index (χ2v) is 6.35. The average Bonchev–Trinajstić information content (AvgIpc) is 3.03. The molecule has 1 aliphatic heterocycles. The van der Waals surface area contributed by atoms with Gasteiger partial charge in [0.25, 0.3) is 0 Å². The van der Waals surface area contributed by atoms with Crippen molar-refractivity contribution < 1.29 is 13.2 Å². The number of likely N-dealkylation sites (tertiary alicyclic amines) is 1. The third kappa shape index (κ3) is 2.73. The third-order valence-electron chi connectivity index (χ3n) is 4.99. The molecule has 24 heavy (non-hydrogen) atoms. The predicted molar refractivity (Wildman–Crippen MR) is 86.6 cm³/mol. The molecule has 3 unspecified atom stereocenters. The number of nitrogens with zero attached hydrogens (tertiary/aromatic N) is 2. The number of H-pyrrole nitrogens is 1. The van der Waals surface area contributed by atoms with Crippen molar-refractivity contribution in [1.82, 2.24) is 14.7 Å². The molecule has 2 heterocycles. The minimum atomic E-state index is -4.41. The molecule has 0 amide bonds. The largest absolute Gasteiger partial charge is 0.402 e. The molecule has 3 rings (SSSR count). The first-order valence-electron chi connectivity index (χ1n) is 7.92. The fourth-order valence-corrected chi connectivity index (χ4v) is 3.66. The Hall–Kier alpha value is -2.15. The monoisotopic (exact) mass is 337 g/mol. The molecule has 128 valence electrons. The van der Waals surface area contributed by atoms with E-state index in [2.05, 4.69) is 10.2 Å². The summed E-state index contributed by atoms with van der Waals surface area (Å²) in [6, 6.07) is 10.5. The zero-order valence-corrected chi connectivity index (χ0v) is 13.3. The molecule has 1 saturated heterocycles. The fourth-order valence-electron chi connectivity index (χ4n) is 3.66. The van der Waals surface area contributed by atoms with Gasteiger partial charge in [-0.2, -0.15) is 18.3 Å². The van der Waals surface area contributed by atoms with Gasteiger partial charge >= 0.3 is 6.18 Å². The number of nitrogens with one attached hydrogen (secondary N) is 2. The van der Waals surface area contributed by atoms with E-state index in [1.165, 1.54) is 0 Å². The first kappa shape index (κ1) is 16.7. The molecule has 2 N–H and O–H groups in total. The lowest BCUT2D eigenvalue weighted by Crippen LogP contribution is -2.56. The van der Waals surface area contributed by atoms with Crippen molar-refractivity contribution in [1.29, 1.82) is 5.41 Å². The van der Waals surface area contributed by atoms with Gasteiger partial charge in [-0.3, -0.25) is 10.5 Å². The van der Waals surface area contributed by atoms with Crippen molar-refractivity contribution in [3.63, 3.8) is 0 Å². The first-order valence-corrected chi connectivity index (χ1v) is 7.92. The first-order chi connectivity index (χ1) is 11.3. The highest BCUT2D eigenvalue weighted by atomic mass is 19.4. The number of halogens is 3. The Labute approximate surface area is 138 Å². The van der Waals surface area contributed by atoms with E-state index in [0.717, 1.165) is 5.69 Å². The summed E-state index contributed by atoms with van der Waals surface area (Å²) in [5.41, 5.74) is 1.44. The molecule has 2 aromatic rings. The average molecular weight is 337 g/mol. The molecule has 1 fully saturated rings. The van der Waals surface area contributed by atoms with Crippen LogP contribution >= 0.6 is 0 Å². The van der Waals surface area contributed by atoms with Gasteiger partial charge in [-0.15, -0.1) is 0 Å². The number of alkyl halides is 3. The number of aromatic amines is 1. The molecule has 0 aliphatic carbocycles. The van der Waals surface area contributed by atoms with E-state index in [4.69, 9.17) is 5.41 Å². The van der Waals surface area contributed by atoms with Gasteiger partial charge in [0.15, 0.2) is 0 Å². The molecule has 7 heteroatoms. The van der Waals surface area contributed by atoms with Crippen LogP contribution in [0.4, 0.5) is 18.9 Å². The van der Waals surface area contributed by atoms with E-state index in [9.17, 15) is 13.2 Å². The molecule has 4 nitrogen and oxygen atoms in total. The summed E-state index contributed by atoms with van der Waals surface area (Å²) in [5.74, 6) is -2.04. The van der Waals surface area contributed by atoms with Crippen LogP contribution in [0.1, 0.15) is 31.0 Å². The number of hydrogen-bond donors (Lipinski definition) is 2. The zero-order valence-electron chi connectivity index (χ0n) is 13.3. The fraction of sp³-hybridized carbons (Fsp3) is 0.412. The van der Waals surface area contributed by atoms with Gasteiger partial charge in [0, 0.05) is 12.6 Å². The molecule has 1 aromatic carbocycles. The second kappa shape index (κ2) is 6.05. The van der Waals surface area contributed by atoms with Gasteiger partial charge in [-0.1, -0.05) is 18.2 Å². The van der Waals surface area contributed by atoms with Crippen LogP contribution in [0.5, 0.6) is 0 Å². The van der Waals surface area contributed by atoms with Crippen LogP contribution in [0.15, 0.2) is 42.6 Å². The van der Waals surface area contributed by atoms with E-state index >= 15 is 0 Å². The number of para-hydroxylation sites is 1. The van der Waals surface area contributed by atoms with E-state index in [-0.39, 0.29) is 22.8 Å². The minimum absolute atomic E-state index is 0.0480. The summed E-state index contributed by atoms with van der Waals surface area (Å²) < 4.78 is 40.4. The van der Waals surface area contributed by atoms with Gasteiger partial charge in [0.2, 0.25) is 5.84 Å². The number of amidine groups is 1. The van der Waals surface area contributed by atoms with Crippen LogP contribution in [0.25, 0.3) is 0 Å². The Balaban J connectivity index is 2.15. The highest BCUT2D eigenvalue weighted by Gasteiger charge is 2.54. The maximum Gasteiger partial charge on any atom is 0.402 e. The predicted octanol–water partition coefficient (Wildman–Crippen LogP) is 4.43. The maximum atomic E-state index is 13.5. The number of aromatic nitrogens is 2. The molecule has 0 bridgehead atoms. The Kier molecular flexibility index (Phi) is 4.21. The summed E-state index contributed by atoms with van der Waals surface area (Å²) in [6.45, 7) is 0. The molecule has 0 radical (unpaired) electrons. The van der Waals surface area contributed by atoms with Gasteiger partial charge < -0.3 is 0 Å². The number of quaternary nitrogens is 1. The van der Waals surface area contributed by atoms with Crippen LogP contribution in [-0.4, -0.2) is 29.3 Å². The Bertz CT molecular complexity index is 696. The molecule has 0 saturated carbocycles. The lowest BCUT2D eigenvalue weighted by molar-refractivity contribution is -0.158. The summed E-state index contributed by atoms with van der Waals surface area (Å²) >= 11 is 0. The van der Waals surface area contributed by atoms with Gasteiger partial charge in [0.05, 0.1) is 12.7 Å². The van der Waals surface area contributed by atoms with Crippen LogP contribution in [0.2, 0.25) is 0 Å². The van der Waals surface area contributed by atoms with E-state index in [1.54, 1.807) is 43.6 Å². The lowest BCUT2D eigenvalue weighted by Gasteiger charge is -2.40. The van der Waals surface area contributed by atoms with Crippen molar-refractivity contribution in [3.05, 3.63) is 48.3 Å². The molecule has 3 atom stereocenters. The number of hydrogen-bond acceptors (Lipinski definition) is 2. The van der Waals surface area contributed by atoms with Gasteiger partial charge in [-0.05, 0) is 31.0 Å². The molecule has 1 aliphatic rings. The van der Waals surface area contributed by atoms with Crippen molar-refractivity contribution >= 4 is 11.5 Å². The molecular weight excluding hydrogens is 317 g/mol. The summed E-state index contributed by atoms with van der Waals surface area (Å²) in [7, 11) is 1.70. The van der Waals surface area contributed by atoms with Crippen LogP contribution in [-0.2, 0) is 0 Å². The molecular formula is C17H20F3N4+. The smallest absolute Gasteiger partial charge is 0.276 e. The van der Waals surface area contributed by atoms with Crippen LogP contribution in [0, 0.1) is 11.3 Å². The molecule has 1 aromatic heterocycles. The van der Waals surface area contributed by atoms with Crippen molar-refractivity contribution in [2.45, 2.75) is 31.5 Å². The normalized spacial score (nSPS) is 28.6. The SMILES string of the molecule is C[N+]1(c2ccccc2)C(=N)C(C(F)(F)F)CCCC1c1ccn[nH]1. The van der Waals surface area contributed by atoms with Crippen molar-refractivity contribution in [2.75, 3.05) is 7.05 Å². The minimum Gasteiger partial charge on any atom is -0.276 e. The highest BCUT2D eigenvalue weighted by molar-refractivity contribution is 5.93. The second-order valence-electron chi connectivity index (χ2n) is 6.35. The summed E-state index contributed by atoms with van der Waals surface area (Å²) in [5, 5.41) is 15.3. The topological polar surface area (TPSA) is 52.5 Å². The van der Waals surface area contributed by atoms with Gasteiger partial charge in [-0.25, -0.2) is 4.48 Å². The van der Waals surface area contributed by atoms with E-state index in [1.807, 2.05) is 6.07 Å². The van der Waals surface area contributed by atoms with E-state index in [0.29, 0.717) is 18.5 Å². The van der Waals surface area contributed by atoms with Crippen molar-refractivity contribution in [3.8, 4) is 0 Å². The lowest BCUT2D eigenvalue weighted by atomic mass is 10.0. The number of rotatable bonds is 2. The molecule has 0 spiro atoms. The highest BCUT2D eigenvalue weighted by Crippen LogP contribution is 2.45. The quantitative estimate of drug-likeness (QED) is 0.783. The number of benzene rings is 1. The van der Waals surface area contributed by atoms with Crippen molar-refractivity contribution in [2.24, 2.45) is 5.92 Å². The Morgan fingerprint density at radius 3 is 2.46 bits per heavy atom.